The topological polar surface area (TPSA) is 50.7 Å². The lowest BCUT2D eigenvalue weighted by atomic mass is 9.87. The van der Waals surface area contributed by atoms with Gasteiger partial charge in [0.1, 0.15) is 24.2 Å². The van der Waals surface area contributed by atoms with Gasteiger partial charge in [0.2, 0.25) is 0 Å². The van der Waals surface area contributed by atoms with Gasteiger partial charge in [-0.05, 0) is 61.1 Å². The maximum absolute atomic E-state index is 10.3. The van der Waals surface area contributed by atoms with E-state index in [2.05, 4.69) is 58.1 Å². The Bertz CT molecular complexity index is 732. The van der Waals surface area contributed by atoms with Crippen LogP contribution in [0.3, 0.4) is 0 Å². The fourth-order valence-electron chi connectivity index (χ4n) is 3.01. The molecule has 154 valence electrons. The first-order chi connectivity index (χ1) is 13.1. The van der Waals surface area contributed by atoms with Crippen LogP contribution in [0.1, 0.15) is 45.7 Å². The first-order valence-corrected chi connectivity index (χ1v) is 9.88. The third-order valence-corrected chi connectivity index (χ3v) is 4.76. The van der Waals surface area contributed by atoms with Crippen molar-refractivity contribution >= 4 is 0 Å². The second-order valence-electron chi connectivity index (χ2n) is 9.03. The van der Waals surface area contributed by atoms with E-state index in [4.69, 9.17) is 9.47 Å². The van der Waals surface area contributed by atoms with Crippen LogP contribution in [-0.2, 0) is 11.8 Å². The zero-order valence-corrected chi connectivity index (χ0v) is 18.1. The van der Waals surface area contributed by atoms with E-state index in [0.717, 1.165) is 17.9 Å². The van der Waals surface area contributed by atoms with Gasteiger partial charge < -0.3 is 19.9 Å². The number of hydrogen-bond donors (Lipinski definition) is 2. The van der Waals surface area contributed by atoms with Crippen molar-refractivity contribution in [2.24, 2.45) is 0 Å². The lowest BCUT2D eigenvalue weighted by molar-refractivity contribution is 0.0987. The van der Waals surface area contributed by atoms with Gasteiger partial charge in [-0.15, -0.1) is 0 Å². The van der Waals surface area contributed by atoms with Gasteiger partial charge in [0, 0.05) is 12.1 Å². The van der Waals surface area contributed by atoms with Crippen LogP contribution in [0.4, 0.5) is 0 Å². The summed E-state index contributed by atoms with van der Waals surface area (Å²) < 4.78 is 11.0. The first kappa shape index (κ1) is 22.3. The van der Waals surface area contributed by atoms with Gasteiger partial charge in [-0.3, -0.25) is 0 Å². The molecule has 0 saturated heterocycles. The van der Waals surface area contributed by atoms with E-state index >= 15 is 0 Å². The predicted octanol–water partition coefficient (Wildman–Crippen LogP) is 4.34. The Morgan fingerprint density at radius 1 is 0.964 bits per heavy atom. The number of methoxy groups -OCH3 is 1. The fraction of sp³-hybridized carbons (Fsp3) is 0.500. The summed E-state index contributed by atoms with van der Waals surface area (Å²) in [6, 6.07) is 16.2. The molecule has 0 aliphatic rings. The van der Waals surface area contributed by atoms with Crippen molar-refractivity contribution in [3.63, 3.8) is 0 Å². The smallest absolute Gasteiger partial charge is 0.119 e. The van der Waals surface area contributed by atoms with Gasteiger partial charge in [-0.1, -0.05) is 45.0 Å². The van der Waals surface area contributed by atoms with Crippen LogP contribution in [0.2, 0.25) is 0 Å². The van der Waals surface area contributed by atoms with E-state index in [1.54, 1.807) is 7.11 Å². The Morgan fingerprint density at radius 2 is 1.64 bits per heavy atom. The number of nitrogens with one attached hydrogen (secondary N) is 1. The summed E-state index contributed by atoms with van der Waals surface area (Å²) in [5.41, 5.74) is 2.38. The molecule has 2 N–H and O–H groups in total. The predicted molar refractivity (Wildman–Crippen MR) is 115 cm³/mol. The highest BCUT2D eigenvalue weighted by Gasteiger charge is 2.20. The number of benzene rings is 2. The molecule has 0 heterocycles. The van der Waals surface area contributed by atoms with Gasteiger partial charge >= 0.3 is 0 Å². The summed E-state index contributed by atoms with van der Waals surface area (Å²) >= 11 is 0. The Morgan fingerprint density at radius 3 is 2.25 bits per heavy atom. The lowest BCUT2D eigenvalue weighted by Crippen LogP contribution is -2.46. The third kappa shape index (κ3) is 7.17. The SMILES string of the molecule is COc1ccc(CC(C)(C)NCC(O)COc2cccc(C(C)(C)C)c2)cc1. The highest BCUT2D eigenvalue weighted by Crippen LogP contribution is 2.25. The standard InChI is InChI=1S/C24H35NO3/c1-23(2,3)19-8-7-9-22(14-19)28-17-20(26)16-25-24(4,5)15-18-10-12-21(27-6)13-11-18/h7-14,20,25-26H,15-17H2,1-6H3. The van der Waals surface area contributed by atoms with Crippen molar-refractivity contribution in [2.45, 2.75) is 58.1 Å². The molecule has 0 spiro atoms. The number of ether oxygens (including phenoxy) is 2. The van der Waals surface area contributed by atoms with Crippen LogP contribution in [0.5, 0.6) is 11.5 Å². The molecule has 1 unspecified atom stereocenters. The molecule has 0 fully saturated rings. The van der Waals surface area contributed by atoms with E-state index in [0.29, 0.717) is 6.54 Å². The molecule has 2 rings (SSSR count). The van der Waals surface area contributed by atoms with Crippen LogP contribution < -0.4 is 14.8 Å². The Kier molecular flexibility index (Phi) is 7.50. The Balaban J connectivity index is 1.81. The Hall–Kier alpha value is -2.04. The van der Waals surface area contributed by atoms with Crippen molar-refractivity contribution in [2.75, 3.05) is 20.3 Å². The van der Waals surface area contributed by atoms with E-state index in [-0.39, 0.29) is 17.6 Å². The quantitative estimate of drug-likeness (QED) is 0.674. The summed E-state index contributed by atoms with van der Waals surface area (Å²) in [5, 5.41) is 13.8. The monoisotopic (exact) mass is 385 g/mol. The van der Waals surface area contributed by atoms with Crippen LogP contribution >= 0.6 is 0 Å². The molecule has 0 aliphatic carbocycles. The number of β-amino-alcohol motifs (C(OH)–C–C–N with tert-alkyl or cyclic N) is 1. The summed E-state index contributed by atoms with van der Waals surface area (Å²) in [6.07, 6.45) is 0.284. The summed E-state index contributed by atoms with van der Waals surface area (Å²) in [7, 11) is 1.67. The maximum atomic E-state index is 10.3. The van der Waals surface area contributed by atoms with E-state index in [1.165, 1.54) is 11.1 Å². The van der Waals surface area contributed by atoms with Crippen molar-refractivity contribution < 1.29 is 14.6 Å². The second kappa shape index (κ2) is 9.44. The largest absolute Gasteiger partial charge is 0.497 e. The maximum Gasteiger partial charge on any atom is 0.119 e. The number of aliphatic hydroxyl groups excluding tert-OH is 1. The van der Waals surface area contributed by atoms with Gasteiger partial charge in [0.25, 0.3) is 0 Å². The van der Waals surface area contributed by atoms with Crippen molar-refractivity contribution in [3.8, 4) is 11.5 Å². The number of rotatable bonds is 9. The molecule has 2 aromatic carbocycles. The molecule has 0 aromatic heterocycles. The van der Waals surface area contributed by atoms with Crippen LogP contribution in [0.15, 0.2) is 48.5 Å². The molecule has 2 aromatic rings. The van der Waals surface area contributed by atoms with Crippen LogP contribution in [-0.4, -0.2) is 37.0 Å². The minimum Gasteiger partial charge on any atom is -0.497 e. The summed E-state index contributed by atoms with van der Waals surface area (Å²) in [5.74, 6) is 1.65. The lowest BCUT2D eigenvalue weighted by Gasteiger charge is -2.28. The zero-order valence-electron chi connectivity index (χ0n) is 18.1. The first-order valence-electron chi connectivity index (χ1n) is 9.88. The molecule has 1 atom stereocenters. The van der Waals surface area contributed by atoms with Crippen molar-refractivity contribution in [1.82, 2.24) is 5.32 Å². The van der Waals surface area contributed by atoms with E-state index in [1.807, 2.05) is 30.3 Å². The highest BCUT2D eigenvalue weighted by molar-refractivity contribution is 5.32. The van der Waals surface area contributed by atoms with Gasteiger partial charge in [-0.2, -0.15) is 0 Å². The number of hydrogen-bond acceptors (Lipinski definition) is 4. The van der Waals surface area contributed by atoms with Crippen LogP contribution in [0, 0.1) is 0 Å². The van der Waals surface area contributed by atoms with Crippen molar-refractivity contribution in [3.05, 3.63) is 59.7 Å². The average Bonchev–Trinajstić information content (AvgIpc) is 2.65. The average molecular weight is 386 g/mol. The third-order valence-electron chi connectivity index (χ3n) is 4.76. The highest BCUT2D eigenvalue weighted by atomic mass is 16.5. The van der Waals surface area contributed by atoms with Crippen LogP contribution in [0.25, 0.3) is 0 Å². The summed E-state index contributed by atoms with van der Waals surface area (Å²) in [4.78, 5) is 0. The summed E-state index contributed by atoms with van der Waals surface area (Å²) in [6.45, 7) is 11.5. The van der Waals surface area contributed by atoms with Gasteiger partial charge in [0.05, 0.1) is 7.11 Å². The molecule has 4 heteroatoms. The minimum atomic E-state index is -0.576. The van der Waals surface area contributed by atoms with E-state index in [9.17, 15) is 5.11 Å². The zero-order chi connectivity index (χ0) is 20.8. The molecular formula is C24H35NO3. The molecule has 4 nitrogen and oxygen atoms in total. The van der Waals surface area contributed by atoms with Gasteiger partial charge in [0.15, 0.2) is 0 Å². The molecule has 28 heavy (non-hydrogen) atoms. The molecule has 0 amide bonds. The molecule has 0 aliphatic heterocycles. The van der Waals surface area contributed by atoms with E-state index < -0.39 is 6.10 Å². The normalized spacial score (nSPS) is 13.2. The fourth-order valence-corrected chi connectivity index (χ4v) is 3.01. The molecule has 0 radical (unpaired) electrons. The minimum absolute atomic E-state index is 0.0744. The number of aliphatic hydroxyl groups is 1. The molecule has 0 saturated carbocycles. The van der Waals surface area contributed by atoms with Gasteiger partial charge in [-0.25, -0.2) is 0 Å². The van der Waals surface area contributed by atoms with Crippen molar-refractivity contribution in [1.29, 1.82) is 0 Å². The molecular weight excluding hydrogens is 350 g/mol. The second-order valence-corrected chi connectivity index (χ2v) is 9.03. The Labute approximate surface area is 169 Å². The molecule has 0 bridgehead atoms.